The first kappa shape index (κ1) is 14.4. The van der Waals surface area contributed by atoms with Gasteiger partial charge in [0.05, 0.1) is 12.4 Å². The highest BCUT2D eigenvalue weighted by molar-refractivity contribution is 5.76. The monoisotopic (exact) mass is 242 g/mol. The standard InChI is InChI=1S/C12H26N4O/c13-12(14)4-1-2-5-15-6-3-7-16(9-8-15)10-11-17/h17H,1-11H2,(H3,13,14). The second kappa shape index (κ2) is 8.44. The van der Waals surface area contributed by atoms with Crippen LogP contribution in [0.2, 0.25) is 0 Å². The van der Waals surface area contributed by atoms with Gasteiger partial charge in [-0.2, -0.15) is 0 Å². The lowest BCUT2D eigenvalue weighted by molar-refractivity contribution is 0.196. The van der Waals surface area contributed by atoms with E-state index in [1.807, 2.05) is 0 Å². The van der Waals surface area contributed by atoms with Crippen LogP contribution in [0, 0.1) is 5.41 Å². The Kier molecular flexibility index (Phi) is 7.16. The number of unbranched alkanes of at least 4 members (excludes halogenated alkanes) is 1. The average Bonchev–Trinajstić information content (AvgIpc) is 2.51. The van der Waals surface area contributed by atoms with Crippen molar-refractivity contribution in [3.63, 3.8) is 0 Å². The molecule has 100 valence electrons. The third-order valence-corrected chi connectivity index (χ3v) is 3.27. The molecule has 0 unspecified atom stereocenters. The van der Waals surface area contributed by atoms with Gasteiger partial charge in [0.25, 0.3) is 0 Å². The largest absolute Gasteiger partial charge is 0.395 e. The molecule has 1 aliphatic heterocycles. The third-order valence-electron chi connectivity index (χ3n) is 3.27. The van der Waals surface area contributed by atoms with Crippen LogP contribution < -0.4 is 5.73 Å². The van der Waals surface area contributed by atoms with Gasteiger partial charge < -0.3 is 15.7 Å². The van der Waals surface area contributed by atoms with Gasteiger partial charge in [-0.25, -0.2) is 0 Å². The Bertz CT molecular complexity index is 223. The van der Waals surface area contributed by atoms with Crippen LogP contribution in [0.1, 0.15) is 25.7 Å². The van der Waals surface area contributed by atoms with Crippen molar-refractivity contribution < 1.29 is 5.11 Å². The Morgan fingerprint density at radius 1 is 1.06 bits per heavy atom. The Labute approximate surface area is 104 Å². The maximum Gasteiger partial charge on any atom is 0.0905 e. The summed E-state index contributed by atoms with van der Waals surface area (Å²) >= 11 is 0. The summed E-state index contributed by atoms with van der Waals surface area (Å²) in [6, 6.07) is 0. The van der Waals surface area contributed by atoms with E-state index in [1.165, 1.54) is 6.42 Å². The number of nitrogens with two attached hydrogens (primary N) is 1. The molecule has 5 nitrogen and oxygen atoms in total. The van der Waals surface area contributed by atoms with Crippen LogP contribution in [-0.4, -0.2) is 66.6 Å². The molecule has 0 spiro atoms. The van der Waals surface area contributed by atoms with Gasteiger partial charge >= 0.3 is 0 Å². The van der Waals surface area contributed by atoms with Crippen LogP contribution in [-0.2, 0) is 0 Å². The quantitative estimate of drug-likeness (QED) is 0.336. The first-order chi connectivity index (χ1) is 8.22. The van der Waals surface area contributed by atoms with Gasteiger partial charge in [-0.15, -0.1) is 0 Å². The van der Waals surface area contributed by atoms with Crippen molar-refractivity contribution in [2.45, 2.75) is 25.7 Å². The number of nitrogens with zero attached hydrogens (tertiary/aromatic N) is 2. The molecule has 1 rings (SSSR count). The Balaban J connectivity index is 2.11. The van der Waals surface area contributed by atoms with Gasteiger partial charge in [-0.05, 0) is 38.9 Å². The number of aliphatic hydroxyl groups is 1. The number of rotatable bonds is 7. The summed E-state index contributed by atoms with van der Waals surface area (Å²) in [4.78, 5) is 4.81. The minimum atomic E-state index is 0.263. The highest BCUT2D eigenvalue weighted by Gasteiger charge is 2.13. The van der Waals surface area contributed by atoms with E-state index in [0.29, 0.717) is 5.84 Å². The normalized spacial score (nSPS) is 19.1. The van der Waals surface area contributed by atoms with Crippen molar-refractivity contribution >= 4 is 5.84 Å². The van der Waals surface area contributed by atoms with Crippen molar-refractivity contribution in [3.8, 4) is 0 Å². The predicted molar refractivity (Wildman–Crippen MR) is 70.3 cm³/mol. The van der Waals surface area contributed by atoms with Crippen molar-refractivity contribution in [1.82, 2.24) is 9.80 Å². The summed E-state index contributed by atoms with van der Waals surface area (Å²) in [6.07, 6.45) is 4.06. The maximum absolute atomic E-state index is 8.91. The highest BCUT2D eigenvalue weighted by Crippen LogP contribution is 2.05. The lowest BCUT2D eigenvalue weighted by Crippen LogP contribution is -2.32. The fraction of sp³-hybridized carbons (Fsp3) is 0.917. The zero-order valence-electron chi connectivity index (χ0n) is 10.7. The number of hydrogen-bond acceptors (Lipinski definition) is 4. The van der Waals surface area contributed by atoms with Crippen molar-refractivity contribution in [2.75, 3.05) is 45.9 Å². The number of nitrogens with one attached hydrogen (secondary N) is 1. The lowest BCUT2D eigenvalue weighted by atomic mass is 10.2. The summed E-state index contributed by atoms with van der Waals surface area (Å²) < 4.78 is 0. The molecule has 0 aromatic rings. The van der Waals surface area contributed by atoms with Crippen LogP contribution >= 0.6 is 0 Å². The molecule has 5 heteroatoms. The molecule has 1 saturated heterocycles. The van der Waals surface area contributed by atoms with Gasteiger partial charge in [0, 0.05) is 26.1 Å². The lowest BCUT2D eigenvalue weighted by Gasteiger charge is -2.21. The van der Waals surface area contributed by atoms with Crippen LogP contribution in [0.5, 0.6) is 0 Å². The van der Waals surface area contributed by atoms with Gasteiger partial charge in [0.1, 0.15) is 0 Å². The minimum absolute atomic E-state index is 0.263. The summed E-state index contributed by atoms with van der Waals surface area (Å²) in [5, 5.41) is 16.1. The van der Waals surface area contributed by atoms with Gasteiger partial charge in [-0.1, -0.05) is 0 Å². The predicted octanol–water partition coefficient (Wildman–Crippen LogP) is 0.0927. The van der Waals surface area contributed by atoms with E-state index in [9.17, 15) is 0 Å². The van der Waals surface area contributed by atoms with Gasteiger partial charge in [0.15, 0.2) is 0 Å². The van der Waals surface area contributed by atoms with Crippen molar-refractivity contribution in [2.24, 2.45) is 5.73 Å². The molecule has 17 heavy (non-hydrogen) atoms. The van der Waals surface area contributed by atoms with E-state index in [2.05, 4.69) is 9.80 Å². The number of β-amino-alcohol motifs (C(OH)–C–C–N with tert-alkyl or cyclic N) is 1. The highest BCUT2D eigenvalue weighted by atomic mass is 16.3. The molecular formula is C12H26N4O. The smallest absolute Gasteiger partial charge is 0.0905 e. The number of hydrogen-bond donors (Lipinski definition) is 3. The molecule has 0 amide bonds. The van der Waals surface area contributed by atoms with Gasteiger partial charge in [0.2, 0.25) is 0 Å². The summed E-state index contributed by atoms with van der Waals surface area (Å²) in [7, 11) is 0. The van der Waals surface area contributed by atoms with Gasteiger partial charge in [-0.3, -0.25) is 10.3 Å². The van der Waals surface area contributed by atoms with E-state index < -0.39 is 0 Å². The van der Waals surface area contributed by atoms with Crippen LogP contribution in [0.25, 0.3) is 0 Å². The van der Waals surface area contributed by atoms with E-state index in [4.69, 9.17) is 16.2 Å². The van der Waals surface area contributed by atoms with E-state index >= 15 is 0 Å². The molecule has 0 aromatic heterocycles. The van der Waals surface area contributed by atoms with Crippen molar-refractivity contribution in [1.29, 1.82) is 5.41 Å². The van der Waals surface area contributed by atoms with E-state index in [-0.39, 0.29) is 6.61 Å². The molecule has 1 heterocycles. The number of aliphatic hydroxyl groups excluding tert-OH is 1. The fourth-order valence-corrected chi connectivity index (χ4v) is 2.26. The second-order valence-electron chi connectivity index (χ2n) is 4.74. The minimum Gasteiger partial charge on any atom is -0.395 e. The van der Waals surface area contributed by atoms with Crippen LogP contribution in [0.4, 0.5) is 0 Å². The molecule has 4 N–H and O–H groups in total. The Morgan fingerprint density at radius 3 is 2.29 bits per heavy atom. The molecular weight excluding hydrogens is 216 g/mol. The molecule has 0 aliphatic carbocycles. The van der Waals surface area contributed by atoms with E-state index in [1.54, 1.807) is 0 Å². The van der Waals surface area contributed by atoms with Crippen molar-refractivity contribution in [3.05, 3.63) is 0 Å². The Morgan fingerprint density at radius 2 is 1.71 bits per heavy atom. The summed E-state index contributed by atoms with van der Waals surface area (Å²) in [6.45, 7) is 6.59. The average molecular weight is 242 g/mol. The first-order valence-corrected chi connectivity index (χ1v) is 6.61. The van der Waals surface area contributed by atoms with Crippen LogP contribution in [0.15, 0.2) is 0 Å². The number of amidine groups is 1. The summed E-state index contributed by atoms with van der Waals surface area (Å²) in [5.74, 6) is 0.301. The topological polar surface area (TPSA) is 76.6 Å². The zero-order valence-corrected chi connectivity index (χ0v) is 10.7. The Hall–Kier alpha value is -0.650. The molecule has 0 atom stereocenters. The molecule has 0 aromatic carbocycles. The molecule has 0 radical (unpaired) electrons. The molecule has 0 saturated carbocycles. The molecule has 0 bridgehead atoms. The SMILES string of the molecule is N=C(N)CCCCN1CCCN(CCO)CC1. The van der Waals surface area contributed by atoms with E-state index in [0.717, 1.165) is 58.5 Å². The fourth-order valence-electron chi connectivity index (χ4n) is 2.26. The maximum atomic E-state index is 8.91. The first-order valence-electron chi connectivity index (χ1n) is 6.61. The third kappa shape index (κ3) is 6.61. The molecule has 1 aliphatic rings. The van der Waals surface area contributed by atoms with Crippen LogP contribution in [0.3, 0.4) is 0 Å². The second-order valence-corrected chi connectivity index (χ2v) is 4.74. The molecule has 1 fully saturated rings. The zero-order chi connectivity index (χ0) is 12.5. The summed E-state index contributed by atoms with van der Waals surface area (Å²) in [5.41, 5.74) is 5.33.